The Morgan fingerprint density at radius 1 is 0.968 bits per heavy atom. The quantitative estimate of drug-likeness (QED) is 0.440. The molecule has 5 heteroatoms. The van der Waals surface area contributed by atoms with Gasteiger partial charge in [0, 0.05) is 48.5 Å². The molecule has 0 saturated heterocycles. The molecule has 31 heavy (non-hydrogen) atoms. The molecule has 1 fully saturated rings. The number of aromatic nitrogens is 2. The zero-order valence-corrected chi connectivity index (χ0v) is 17.2. The minimum absolute atomic E-state index is 0.0835. The van der Waals surface area contributed by atoms with Gasteiger partial charge in [0.1, 0.15) is 0 Å². The highest BCUT2D eigenvalue weighted by Crippen LogP contribution is 2.55. The number of aryl methyl sites for hydroxylation is 2. The first kappa shape index (κ1) is 19.4. The summed E-state index contributed by atoms with van der Waals surface area (Å²) in [6, 6.07) is 22.9. The lowest BCUT2D eigenvalue weighted by molar-refractivity contribution is 0.193. The third-order valence-electron chi connectivity index (χ3n) is 6.29. The van der Waals surface area contributed by atoms with E-state index in [2.05, 4.69) is 69.6 Å². The predicted molar refractivity (Wildman–Crippen MR) is 121 cm³/mol. The Kier molecular flexibility index (Phi) is 5.16. The molecular weight excluding hydrogens is 386 g/mol. The number of amides is 1. The molecule has 2 aromatic carbocycles. The number of carbonyl (C=O) groups is 1. The number of fused-ring (bicyclic) bond motifs is 1. The normalized spacial score (nSPS) is 19.9. The van der Waals surface area contributed by atoms with E-state index < -0.39 is 6.09 Å². The van der Waals surface area contributed by atoms with Crippen molar-refractivity contribution in [3.63, 3.8) is 0 Å². The maximum Gasteiger partial charge on any atom is 0.404 e. The lowest BCUT2D eigenvalue weighted by atomic mass is 10.0. The number of hydrogen-bond acceptors (Lipinski definition) is 2. The van der Waals surface area contributed by atoms with Crippen molar-refractivity contribution in [1.29, 1.82) is 0 Å². The molecule has 0 radical (unpaired) electrons. The van der Waals surface area contributed by atoms with Gasteiger partial charge in [0.25, 0.3) is 0 Å². The van der Waals surface area contributed by atoms with E-state index >= 15 is 0 Å². The molecule has 2 N–H and O–H groups in total. The minimum Gasteiger partial charge on any atom is -0.465 e. The Bertz CT molecular complexity index is 1190. The monoisotopic (exact) mass is 411 g/mol. The standard InChI is InChI=1S/C26H25N3O2/c30-26(31)28-25-23(19-6-2-1-3-7-19)24(25)21-8-9-22-20(17-21)12-16-29(22)15-4-5-18-10-13-27-14-11-18/h1-3,6-14,16-17,23-25,28H,4-5,15H2,(H,30,31). The van der Waals surface area contributed by atoms with E-state index in [0.717, 1.165) is 19.4 Å². The molecule has 2 heterocycles. The van der Waals surface area contributed by atoms with Crippen LogP contribution in [-0.2, 0) is 13.0 Å². The number of nitrogens with one attached hydrogen (secondary N) is 1. The molecule has 1 aliphatic carbocycles. The molecular formula is C26H25N3O2. The van der Waals surface area contributed by atoms with Gasteiger partial charge in [-0.25, -0.2) is 4.79 Å². The van der Waals surface area contributed by atoms with Crippen LogP contribution in [0.4, 0.5) is 4.79 Å². The predicted octanol–water partition coefficient (Wildman–Crippen LogP) is 5.19. The molecule has 156 valence electrons. The van der Waals surface area contributed by atoms with E-state index in [-0.39, 0.29) is 17.9 Å². The molecule has 0 spiro atoms. The summed E-state index contributed by atoms with van der Waals surface area (Å²) >= 11 is 0. The SMILES string of the molecule is O=C(O)NC1C(c2ccccc2)C1c1ccc2c(ccn2CCCc2ccncc2)c1. The van der Waals surface area contributed by atoms with Crippen LogP contribution in [-0.4, -0.2) is 26.8 Å². The maximum atomic E-state index is 11.3. The molecule has 0 aliphatic heterocycles. The first-order chi connectivity index (χ1) is 15.2. The highest BCUT2D eigenvalue weighted by atomic mass is 16.4. The minimum atomic E-state index is -0.963. The zero-order chi connectivity index (χ0) is 21.2. The van der Waals surface area contributed by atoms with Gasteiger partial charge < -0.3 is 15.0 Å². The summed E-state index contributed by atoms with van der Waals surface area (Å²) in [6.45, 7) is 0.963. The van der Waals surface area contributed by atoms with Crippen molar-refractivity contribution in [3.05, 3.63) is 102 Å². The summed E-state index contributed by atoms with van der Waals surface area (Å²) in [5, 5.41) is 13.2. The van der Waals surface area contributed by atoms with Gasteiger partial charge in [0.05, 0.1) is 0 Å². The average Bonchev–Trinajstić information content (AvgIpc) is 3.35. The van der Waals surface area contributed by atoms with Gasteiger partial charge in [-0.3, -0.25) is 4.98 Å². The first-order valence-corrected chi connectivity index (χ1v) is 10.7. The van der Waals surface area contributed by atoms with Crippen LogP contribution < -0.4 is 5.32 Å². The van der Waals surface area contributed by atoms with Gasteiger partial charge in [-0.1, -0.05) is 36.4 Å². The van der Waals surface area contributed by atoms with Gasteiger partial charge in [-0.05, 0) is 65.3 Å². The van der Waals surface area contributed by atoms with Crippen molar-refractivity contribution >= 4 is 17.0 Å². The van der Waals surface area contributed by atoms with Crippen molar-refractivity contribution in [1.82, 2.24) is 14.9 Å². The number of benzene rings is 2. The van der Waals surface area contributed by atoms with E-state index in [4.69, 9.17) is 0 Å². The Labute approximate surface area is 181 Å². The number of rotatable bonds is 7. The largest absolute Gasteiger partial charge is 0.465 e. The molecule has 0 bridgehead atoms. The van der Waals surface area contributed by atoms with E-state index in [9.17, 15) is 9.90 Å². The zero-order valence-electron chi connectivity index (χ0n) is 17.2. The average molecular weight is 412 g/mol. The fourth-order valence-corrected chi connectivity index (χ4v) is 4.76. The number of carboxylic acid groups (broad SMARTS) is 1. The summed E-state index contributed by atoms with van der Waals surface area (Å²) < 4.78 is 2.30. The van der Waals surface area contributed by atoms with E-state index in [0.29, 0.717) is 0 Å². The molecule has 1 amide bonds. The van der Waals surface area contributed by atoms with Crippen LogP contribution in [0.25, 0.3) is 10.9 Å². The van der Waals surface area contributed by atoms with Gasteiger partial charge in [0.15, 0.2) is 0 Å². The topological polar surface area (TPSA) is 67.2 Å². The summed E-state index contributed by atoms with van der Waals surface area (Å²) in [5.41, 5.74) is 4.90. The third kappa shape index (κ3) is 4.04. The molecule has 1 aliphatic rings. The van der Waals surface area contributed by atoms with Crippen molar-refractivity contribution < 1.29 is 9.90 Å². The van der Waals surface area contributed by atoms with Crippen LogP contribution in [0.2, 0.25) is 0 Å². The highest BCUT2D eigenvalue weighted by Gasteiger charge is 2.52. The van der Waals surface area contributed by atoms with E-state index in [1.165, 1.54) is 27.6 Å². The second-order valence-corrected chi connectivity index (χ2v) is 8.22. The van der Waals surface area contributed by atoms with Crippen molar-refractivity contribution in [2.24, 2.45) is 0 Å². The van der Waals surface area contributed by atoms with Gasteiger partial charge in [0.2, 0.25) is 0 Å². The third-order valence-corrected chi connectivity index (χ3v) is 6.29. The van der Waals surface area contributed by atoms with Crippen LogP contribution in [0, 0.1) is 0 Å². The van der Waals surface area contributed by atoms with Crippen molar-refractivity contribution in [2.45, 2.75) is 37.3 Å². The molecule has 1 saturated carbocycles. The Hall–Kier alpha value is -3.60. The maximum absolute atomic E-state index is 11.3. The van der Waals surface area contributed by atoms with E-state index in [1.807, 2.05) is 30.6 Å². The van der Waals surface area contributed by atoms with Crippen LogP contribution in [0.1, 0.15) is 34.9 Å². The fourth-order valence-electron chi connectivity index (χ4n) is 4.76. The lowest BCUT2D eigenvalue weighted by Crippen LogP contribution is -2.25. The lowest BCUT2D eigenvalue weighted by Gasteiger charge is -2.07. The Morgan fingerprint density at radius 3 is 2.52 bits per heavy atom. The number of pyridine rings is 1. The Morgan fingerprint density at radius 2 is 1.74 bits per heavy atom. The van der Waals surface area contributed by atoms with Gasteiger partial charge >= 0.3 is 6.09 Å². The molecule has 4 aromatic rings. The fraction of sp³-hybridized carbons (Fsp3) is 0.231. The molecule has 5 nitrogen and oxygen atoms in total. The highest BCUT2D eigenvalue weighted by molar-refractivity contribution is 5.81. The van der Waals surface area contributed by atoms with Crippen molar-refractivity contribution in [2.75, 3.05) is 0 Å². The summed E-state index contributed by atoms with van der Waals surface area (Å²) in [4.78, 5) is 15.4. The smallest absolute Gasteiger partial charge is 0.404 e. The molecule has 3 unspecified atom stereocenters. The second-order valence-electron chi connectivity index (χ2n) is 8.22. The first-order valence-electron chi connectivity index (χ1n) is 10.7. The molecule has 5 rings (SSSR count). The second kappa shape index (κ2) is 8.26. The van der Waals surface area contributed by atoms with Crippen LogP contribution >= 0.6 is 0 Å². The Balaban J connectivity index is 1.33. The van der Waals surface area contributed by atoms with Crippen molar-refractivity contribution in [3.8, 4) is 0 Å². The number of nitrogens with zero attached hydrogens (tertiary/aromatic N) is 2. The summed E-state index contributed by atoms with van der Waals surface area (Å²) in [6.07, 6.45) is 6.97. The van der Waals surface area contributed by atoms with Gasteiger partial charge in [-0.2, -0.15) is 0 Å². The van der Waals surface area contributed by atoms with Crippen LogP contribution in [0.15, 0.2) is 85.3 Å². The van der Waals surface area contributed by atoms with Crippen LogP contribution in [0.5, 0.6) is 0 Å². The summed E-state index contributed by atoms with van der Waals surface area (Å²) in [7, 11) is 0. The molecule has 3 atom stereocenters. The molecule has 2 aromatic heterocycles. The van der Waals surface area contributed by atoms with Crippen LogP contribution in [0.3, 0.4) is 0 Å². The van der Waals surface area contributed by atoms with E-state index in [1.54, 1.807) is 0 Å². The summed E-state index contributed by atoms with van der Waals surface area (Å²) in [5.74, 6) is 0.343. The van der Waals surface area contributed by atoms with Gasteiger partial charge in [-0.15, -0.1) is 0 Å². The number of hydrogen-bond donors (Lipinski definition) is 2.